The largest absolute Gasteiger partial charge is 0.385 e. The normalized spacial score (nSPS) is 19.8. The van der Waals surface area contributed by atoms with E-state index in [1.165, 1.54) is 13.2 Å². The van der Waals surface area contributed by atoms with Gasteiger partial charge in [0, 0.05) is 7.11 Å². The molecule has 1 fully saturated rings. The first-order valence-corrected chi connectivity index (χ1v) is 6.18. The molecule has 2 nitrogen and oxygen atoms in total. The molecule has 2 rings (SSSR count). The number of hydrogen-bond donors (Lipinski definition) is 1. The number of aliphatic hydroxyl groups excluding tert-OH is 1. The van der Waals surface area contributed by atoms with Crippen molar-refractivity contribution in [1.82, 2.24) is 0 Å². The Hall–Kier alpha value is -0.520. The van der Waals surface area contributed by atoms with Crippen molar-refractivity contribution in [3.63, 3.8) is 0 Å². The third-order valence-corrected chi connectivity index (χ3v) is 4.07. The van der Waals surface area contributed by atoms with Crippen LogP contribution in [0.15, 0.2) is 16.6 Å². The fraction of sp³-hybridized carbons (Fsp3) is 0.500. The molecule has 0 spiro atoms. The first-order valence-electron chi connectivity index (χ1n) is 5.38. The number of aliphatic hydroxyl groups is 1. The van der Waals surface area contributed by atoms with Crippen LogP contribution in [-0.2, 0) is 4.74 Å². The Bertz CT molecular complexity index is 427. The van der Waals surface area contributed by atoms with E-state index in [9.17, 15) is 13.9 Å². The summed E-state index contributed by atoms with van der Waals surface area (Å²) in [6.45, 7) is 0. The standard InChI is InChI=1S/C12H13BrF2O2/c1-17-12(5-2-6-12)11(16)9-8(14)4-3-7(13)10(9)15/h3-4,11,16H,2,5-6H2,1H3. The monoisotopic (exact) mass is 306 g/mol. The molecule has 0 aromatic heterocycles. The summed E-state index contributed by atoms with van der Waals surface area (Å²) in [5, 5.41) is 10.2. The highest BCUT2D eigenvalue weighted by molar-refractivity contribution is 9.10. The highest BCUT2D eigenvalue weighted by Crippen LogP contribution is 2.46. The number of rotatable bonds is 3. The molecule has 17 heavy (non-hydrogen) atoms. The Balaban J connectivity index is 2.43. The Kier molecular flexibility index (Phi) is 3.52. The maximum Gasteiger partial charge on any atom is 0.146 e. The molecule has 1 N–H and O–H groups in total. The van der Waals surface area contributed by atoms with Gasteiger partial charge in [-0.2, -0.15) is 0 Å². The lowest BCUT2D eigenvalue weighted by atomic mass is 9.73. The Morgan fingerprint density at radius 3 is 2.53 bits per heavy atom. The summed E-state index contributed by atoms with van der Waals surface area (Å²) < 4.78 is 32.8. The molecule has 0 saturated heterocycles. The quantitative estimate of drug-likeness (QED) is 0.868. The van der Waals surface area contributed by atoms with Gasteiger partial charge >= 0.3 is 0 Å². The van der Waals surface area contributed by atoms with Gasteiger partial charge in [0.2, 0.25) is 0 Å². The molecule has 1 aliphatic rings. The van der Waals surface area contributed by atoms with Gasteiger partial charge < -0.3 is 9.84 Å². The molecule has 0 bridgehead atoms. The molecule has 0 aliphatic heterocycles. The molecular weight excluding hydrogens is 294 g/mol. The van der Waals surface area contributed by atoms with Crippen LogP contribution in [0.25, 0.3) is 0 Å². The van der Waals surface area contributed by atoms with Crippen LogP contribution >= 0.6 is 15.9 Å². The van der Waals surface area contributed by atoms with Crippen LogP contribution in [-0.4, -0.2) is 17.8 Å². The summed E-state index contributed by atoms with van der Waals surface area (Å²) >= 11 is 2.98. The van der Waals surface area contributed by atoms with Crippen molar-refractivity contribution in [1.29, 1.82) is 0 Å². The molecule has 1 unspecified atom stereocenters. The summed E-state index contributed by atoms with van der Waals surface area (Å²) in [5.41, 5.74) is -1.16. The average molecular weight is 307 g/mol. The van der Waals surface area contributed by atoms with Gasteiger partial charge in [0.05, 0.1) is 15.6 Å². The summed E-state index contributed by atoms with van der Waals surface area (Å²) in [4.78, 5) is 0. The summed E-state index contributed by atoms with van der Waals surface area (Å²) in [6, 6.07) is 2.41. The minimum atomic E-state index is -1.28. The Morgan fingerprint density at radius 2 is 2.06 bits per heavy atom. The molecule has 0 radical (unpaired) electrons. The van der Waals surface area contributed by atoms with Gasteiger partial charge in [-0.25, -0.2) is 8.78 Å². The van der Waals surface area contributed by atoms with Crippen molar-refractivity contribution in [3.8, 4) is 0 Å². The second-order valence-corrected chi connectivity index (χ2v) is 5.14. The zero-order chi connectivity index (χ0) is 12.6. The van der Waals surface area contributed by atoms with Gasteiger partial charge in [0.1, 0.15) is 17.7 Å². The minimum Gasteiger partial charge on any atom is -0.385 e. The third kappa shape index (κ3) is 2.00. The number of benzene rings is 1. The summed E-state index contributed by atoms with van der Waals surface area (Å²) in [5.74, 6) is -1.51. The van der Waals surface area contributed by atoms with E-state index in [2.05, 4.69) is 15.9 Å². The smallest absolute Gasteiger partial charge is 0.146 e. The van der Waals surface area contributed by atoms with Crippen molar-refractivity contribution < 1.29 is 18.6 Å². The highest BCUT2D eigenvalue weighted by Gasteiger charge is 2.46. The van der Waals surface area contributed by atoms with Gasteiger partial charge in [-0.05, 0) is 47.3 Å². The van der Waals surface area contributed by atoms with Crippen LogP contribution in [0.4, 0.5) is 8.78 Å². The second kappa shape index (κ2) is 4.63. The van der Waals surface area contributed by atoms with Gasteiger partial charge in [-0.1, -0.05) is 0 Å². The van der Waals surface area contributed by atoms with Gasteiger partial charge in [-0.3, -0.25) is 0 Å². The van der Waals surface area contributed by atoms with E-state index >= 15 is 0 Å². The van der Waals surface area contributed by atoms with Crippen molar-refractivity contribution in [2.45, 2.75) is 31.0 Å². The second-order valence-electron chi connectivity index (χ2n) is 4.28. The third-order valence-electron chi connectivity index (χ3n) is 3.46. The highest BCUT2D eigenvalue weighted by atomic mass is 79.9. The fourth-order valence-electron chi connectivity index (χ4n) is 2.17. The Morgan fingerprint density at radius 1 is 1.41 bits per heavy atom. The zero-order valence-electron chi connectivity index (χ0n) is 9.34. The zero-order valence-corrected chi connectivity index (χ0v) is 10.9. The lowest BCUT2D eigenvalue weighted by molar-refractivity contribution is -0.153. The van der Waals surface area contributed by atoms with Gasteiger partial charge in [0.25, 0.3) is 0 Å². The SMILES string of the molecule is COC1(C(O)c2c(F)ccc(Br)c2F)CCC1. The fourth-order valence-corrected chi connectivity index (χ4v) is 2.52. The van der Waals surface area contributed by atoms with Crippen molar-refractivity contribution in [2.75, 3.05) is 7.11 Å². The molecule has 1 aromatic carbocycles. The van der Waals surface area contributed by atoms with Crippen molar-refractivity contribution in [2.24, 2.45) is 0 Å². The minimum absolute atomic E-state index is 0.138. The predicted molar refractivity (Wildman–Crippen MR) is 62.6 cm³/mol. The first kappa shape index (κ1) is 12.9. The van der Waals surface area contributed by atoms with Crippen molar-refractivity contribution in [3.05, 3.63) is 33.8 Å². The lowest BCUT2D eigenvalue weighted by Crippen LogP contribution is -2.45. The maximum absolute atomic E-state index is 13.8. The van der Waals surface area contributed by atoms with E-state index in [1.54, 1.807) is 0 Å². The van der Waals surface area contributed by atoms with Crippen LogP contribution < -0.4 is 0 Å². The molecule has 0 heterocycles. The molecule has 94 valence electrons. The van der Waals surface area contributed by atoms with Gasteiger partial charge in [0.15, 0.2) is 0 Å². The van der Waals surface area contributed by atoms with Gasteiger partial charge in [-0.15, -0.1) is 0 Å². The number of methoxy groups -OCH3 is 1. The molecule has 5 heteroatoms. The summed E-state index contributed by atoms with van der Waals surface area (Å²) in [7, 11) is 1.45. The predicted octanol–water partition coefficient (Wildman–Crippen LogP) is 3.33. The van der Waals surface area contributed by atoms with E-state index in [-0.39, 0.29) is 10.0 Å². The van der Waals surface area contributed by atoms with E-state index in [0.717, 1.165) is 12.5 Å². The van der Waals surface area contributed by atoms with Crippen LogP contribution in [0, 0.1) is 11.6 Å². The molecule has 1 atom stereocenters. The topological polar surface area (TPSA) is 29.5 Å². The Labute approximate surface area is 107 Å². The van der Waals surface area contributed by atoms with E-state index in [0.29, 0.717) is 12.8 Å². The van der Waals surface area contributed by atoms with Crippen LogP contribution in [0.2, 0.25) is 0 Å². The molecule has 1 saturated carbocycles. The van der Waals surface area contributed by atoms with Crippen molar-refractivity contribution >= 4 is 15.9 Å². The molecule has 0 amide bonds. The van der Waals surface area contributed by atoms with E-state index in [1.807, 2.05) is 0 Å². The molecular formula is C12H13BrF2O2. The summed E-state index contributed by atoms with van der Waals surface area (Å²) in [6.07, 6.45) is 0.826. The first-order chi connectivity index (χ1) is 8.02. The lowest BCUT2D eigenvalue weighted by Gasteiger charge is -2.44. The number of halogens is 3. The van der Waals surface area contributed by atoms with Crippen LogP contribution in [0.5, 0.6) is 0 Å². The number of ether oxygens (including phenoxy) is 1. The van der Waals surface area contributed by atoms with Crippen LogP contribution in [0.1, 0.15) is 30.9 Å². The van der Waals surface area contributed by atoms with E-state index < -0.39 is 23.3 Å². The maximum atomic E-state index is 13.8. The molecule has 1 aliphatic carbocycles. The average Bonchev–Trinajstić information content (AvgIpc) is 2.23. The number of hydrogen-bond acceptors (Lipinski definition) is 2. The van der Waals surface area contributed by atoms with Crippen LogP contribution in [0.3, 0.4) is 0 Å². The van der Waals surface area contributed by atoms with E-state index in [4.69, 9.17) is 4.74 Å². The molecule has 1 aromatic rings.